The van der Waals surface area contributed by atoms with Gasteiger partial charge in [-0.05, 0) is 37.2 Å². The zero-order chi connectivity index (χ0) is 15.5. The normalized spacial score (nSPS) is 20.6. The lowest BCUT2D eigenvalue weighted by Gasteiger charge is -2.32. The van der Waals surface area contributed by atoms with Crippen molar-refractivity contribution in [3.63, 3.8) is 0 Å². The van der Waals surface area contributed by atoms with Crippen LogP contribution < -0.4 is 5.32 Å². The third-order valence-electron chi connectivity index (χ3n) is 3.50. The van der Waals surface area contributed by atoms with E-state index >= 15 is 0 Å². The van der Waals surface area contributed by atoms with Gasteiger partial charge in [-0.2, -0.15) is 16.1 Å². The standard InChI is InChI=1S/C14H21ClN2O2S2/c1-3-16-9-12-8-13(4-5-14(12)15)21(18,19)17-6-7-20-10-11(17)2/h4-5,8,11,16H,3,6-7,9-10H2,1-2H3. The number of rotatable bonds is 5. The summed E-state index contributed by atoms with van der Waals surface area (Å²) < 4.78 is 27.2. The summed E-state index contributed by atoms with van der Waals surface area (Å²) >= 11 is 7.94. The quantitative estimate of drug-likeness (QED) is 0.888. The monoisotopic (exact) mass is 348 g/mol. The number of benzene rings is 1. The van der Waals surface area contributed by atoms with Crippen molar-refractivity contribution in [3.05, 3.63) is 28.8 Å². The highest BCUT2D eigenvalue weighted by molar-refractivity contribution is 7.99. The molecule has 1 aliphatic heterocycles. The Bertz CT molecular complexity index is 593. The Morgan fingerprint density at radius 1 is 1.48 bits per heavy atom. The van der Waals surface area contributed by atoms with Crippen molar-refractivity contribution in [3.8, 4) is 0 Å². The average Bonchev–Trinajstić information content (AvgIpc) is 2.46. The minimum absolute atomic E-state index is 0.0293. The van der Waals surface area contributed by atoms with Gasteiger partial charge in [-0.1, -0.05) is 18.5 Å². The second-order valence-electron chi connectivity index (χ2n) is 5.07. The molecule has 1 fully saturated rings. The van der Waals surface area contributed by atoms with E-state index in [1.165, 1.54) is 0 Å². The molecule has 21 heavy (non-hydrogen) atoms. The van der Waals surface area contributed by atoms with E-state index in [9.17, 15) is 8.42 Å². The number of nitrogens with one attached hydrogen (secondary N) is 1. The molecule has 118 valence electrons. The van der Waals surface area contributed by atoms with Crippen molar-refractivity contribution >= 4 is 33.4 Å². The predicted octanol–water partition coefficient (Wildman–Crippen LogP) is 2.58. The smallest absolute Gasteiger partial charge is 0.243 e. The molecule has 1 unspecified atom stereocenters. The van der Waals surface area contributed by atoms with E-state index in [1.807, 2.05) is 13.8 Å². The van der Waals surface area contributed by atoms with Crippen molar-refractivity contribution in [2.75, 3.05) is 24.6 Å². The lowest BCUT2D eigenvalue weighted by molar-refractivity contribution is 0.367. The number of thioether (sulfide) groups is 1. The van der Waals surface area contributed by atoms with E-state index in [0.29, 0.717) is 23.0 Å². The van der Waals surface area contributed by atoms with Crippen LogP contribution in [0.2, 0.25) is 5.02 Å². The summed E-state index contributed by atoms with van der Waals surface area (Å²) in [7, 11) is -3.44. The molecule has 0 spiro atoms. The van der Waals surface area contributed by atoms with Crippen LogP contribution in [0.25, 0.3) is 0 Å². The summed E-state index contributed by atoms with van der Waals surface area (Å²) in [5.41, 5.74) is 0.818. The zero-order valence-corrected chi connectivity index (χ0v) is 14.7. The number of nitrogens with zero attached hydrogens (tertiary/aromatic N) is 1. The number of hydrogen-bond acceptors (Lipinski definition) is 4. The lowest BCUT2D eigenvalue weighted by Crippen LogP contribution is -2.44. The van der Waals surface area contributed by atoms with Crippen molar-refractivity contribution in [2.24, 2.45) is 0 Å². The molecular formula is C14H21ClN2O2S2. The highest BCUT2D eigenvalue weighted by atomic mass is 35.5. The van der Waals surface area contributed by atoms with Crippen LogP contribution in [0.5, 0.6) is 0 Å². The molecule has 1 N–H and O–H groups in total. The maximum absolute atomic E-state index is 12.8. The van der Waals surface area contributed by atoms with Gasteiger partial charge >= 0.3 is 0 Å². The van der Waals surface area contributed by atoms with E-state index in [0.717, 1.165) is 23.6 Å². The minimum Gasteiger partial charge on any atom is -0.313 e. The van der Waals surface area contributed by atoms with Crippen LogP contribution in [-0.4, -0.2) is 43.4 Å². The first kappa shape index (κ1) is 17.1. The van der Waals surface area contributed by atoms with Crippen molar-refractivity contribution < 1.29 is 8.42 Å². The van der Waals surface area contributed by atoms with Gasteiger partial charge in [0.25, 0.3) is 0 Å². The summed E-state index contributed by atoms with van der Waals surface area (Å²) in [4.78, 5) is 0.332. The molecule has 1 heterocycles. The molecule has 0 bridgehead atoms. The Morgan fingerprint density at radius 3 is 2.90 bits per heavy atom. The van der Waals surface area contributed by atoms with Crippen LogP contribution in [0, 0.1) is 0 Å². The number of sulfonamides is 1. The maximum Gasteiger partial charge on any atom is 0.243 e. The SMILES string of the molecule is CCNCc1cc(S(=O)(=O)N2CCSCC2C)ccc1Cl. The lowest BCUT2D eigenvalue weighted by atomic mass is 10.2. The fraction of sp³-hybridized carbons (Fsp3) is 0.571. The minimum atomic E-state index is -3.44. The predicted molar refractivity (Wildman–Crippen MR) is 89.5 cm³/mol. The molecule has 0 radical (unpaired) electrons. The van der Waals surface area contributed by atoms with Gasteiger partial charge in [0.15, 0.2) is 0 Å². The van der Waals surface area contributed by atoms with Gasteiger partial charge in [-0.25, -0.2) is 8.42 Å². The Hall–Kier alpha value is -0.270. The van der Waals surface area contributed by atoms with Crippen molar-refractivity contribution in [1.29, 1.82) is 0 Å². The molecule has 0 aromatic heterocycles. The summed E-state index contributed by atoms with van der Waals surface area (Å²) in [6.07, 6.45) is 0. The van der Waals surface area contributed by atoms with Gasteiger partial charge in [0.05, 0.1) is 4.90 Å². The van der Waals surface area contributed by atoms with Crippen molar-refractivity contribution in [1.82, 2.24) is 9.62 Å². The molecule has 1 aliphatic rings. The second kappa shape index (κ2) is 7.33. The zero-order valence-electron chi connectivity index (χ0n) is 12.3. The molecule has 1 aromatic rings. The van der Waals surface area contributed by atoms with E-state index in [2.05, 4.69) is 5.32 Å². The fourth-order valence-corrected chi connectivity index (χ4v) is 5.40. The van der Waals surface area contributed by atoms with Gasteiger partial charge < -0.3 is 5.32 Å². The number of hydrogen-bond donors (Lipinski definition) is 1. The Morgan fingerprint density at radius 2 is 2.24 bits per heavy atom. The van der Waals surface area contributed by atoms with Crippen LogP contribution in [0.15, 0.2) is 23.1 Å². The molecule has 7 heteroatoms. The molecule has 1 aromatic carbocycles. The van der Waals surface area contributed by atoms with Gasteiger partial charge in [0, 0.05) is 35.7 Å². The third-order valence-corrected chi connectivity index (χ3v) is 7.06. The molecule has 1 saturated heterocycles. The molecule has 0 amide bonds. The first-order valence-electron chi connectivity index (χ1n) is 7.05. The number of halogens is 1. The molecule has 0 saturated carbocycles. The van der Waals surface area contributed by atoms with Crippen LogP contribution in [0.1, 0.15) is 19.4 Å². The summed E-state index contributed by atoms with van der Waals surface area (Å²) in [5.74, 6) is 1.69. The van der Waals surface area contributed by atoms with Crippen LogP contribution >= 0.6 is 23.4 Å². The van der Waals surface area contributed by atoms with Gasteiger partial charge in [0.2, 0.25) is 10.0 Å². The Balaban J connectivity index is 2.31. The van der Waals surface area contributed by atoms with Gasteiger partial charge in [-0.3, -0.25) is 0 Å². The molecule has 0 aliphatic carbocycles. The van der Waals surface area contributed by atoms with Crippen LogP contribution in [-0.2, 0) is 16.6 Å². The van der Waals surface area contributed by atoms with Gasteiger partial charge in [0.1, 0.15) is 0 Å². The van der Waals surface area contributed by atoms with Gasteiger partial charge in [-0.15, -0.1) is 0 Å². The Kier molecular flexibility index (Phi) is 5.96. The molecule has 2 rings (SSSR count). The van der Waals surface area contributed by atoms with Crippen LogP contribution in [0.3, 0.4) is 0 Å². The molecular weight excluding hydrogens is 328 g/mol. The summed E-state index contributed by atoms with van der Waals surface area (Å²) in [6.45, 7) is 5.91. The van der Waals surface area contributed by atoms with E-state index in [1.54, 1.807) is 34.3 Å². The van der Waals surface area contributed by atoms with E-state index < -0.39 is 10.0 Å². The molecule has 4 nitrogen and oxygen atoms in total. The van der Waals surface area contributed by atoms with Crippen molar-refractivity contribution in [2.45, 2.75) is 31.3 Å². The van der Waals surface area contributed by atoms with E-state index in [4.69, 9.17) is 11.6 Å². The second-order valence-corrected chi connectivity index (χ2v) is 8.52. The van der Waals surface area contributed by atoms with E-state index in [-0.39, 0.29) is 6.04 Å². The molecule has 1 atom stereocenters. The highest BCUT2D eigenvalue weighted by Gasteiger charge is 2.31. The van der Waals surface area contributed by atoms with Crippen LogP contribution in [0.4, 0.5) is 0 Å². The fourth-order valence-electron chi connectivity index (χ4n) is 2.31. The summed E-state index contributed by atoms with van der Waals surface area (Å²) in [5, 5.41) is 3.77. The highest BCUT2D eigenvalue weighted by Crippen LogP contribution is 2.27. The first-order valence-corrected chi connectivity index (χ1v) is 10.0. The largest absolute Gasteiger partial charge is 0.313 e. The topological polar surface area (TPSA) is 49.4 Å². The average molecular weight is 349 g/mol. The maximum atomic E-state index is 12.8. The third kappa shape index (κ3) is 3.93. The first-order chi connectivity index (χ1) is 9.96. The summed E-state index contributed by atoms with van der Waals surface area (Å²) in [6, 6.07) is 4.99. The Labute approximate surface area is 136 Å².